The van der Waals surface area contributed by atoms with E-state index >= 15 is 0 Å². The van der Waals surface area contributed by atoms with Gasteiger partial charge in [-0.15, -0.1) is 0 Å². The van der Waals surface area contributed by atoms with Gasteiger partial charge in [0.05, 0.1) is 29.3 Å². The summed E-state index contributed by atoms with van der Waals surface area (Å²) in [5, 5.41) is 3.08. The summed E-state index contributed by atoms with van der Waals surface area (Å²) in [5.74, 6) is -0.373. The number of ether oxygens (including phenoxy) is 1. The fourth-order valence-corrected chi connectivity index (χ4v) is 3.04. The zero-order chi connectivity index (χ0) is 17.4. The van der Waals surface area contributed by atoms with Crippen LogP contribution in [0.3, 0.4) is 0 Å². The quantitative estimate of drug-likeness (QED) is 0.858. The zero-order valence-corrected chi connectivity index (χ0v) is 13.9. The molecule has 8 heteroatoms. The van der Waals surface area contributed by atoms with Crippen LogP contribution in [0.5, 0.6) is 0 Å². The fraction of sp³-hybridized carbons (Fsp3) is 0.500. The molecule has 0 bridgehead atoms. The van der Waals surface area contributed by atoms with Crippen LogP contribution in [0.15, 0.2) is 21.9 Å². The summed E-state index contributed by atoms with van der Waals surface area (Å²) in [5.41, 5.74) is -0.160. The average molecular weight is 332 g/mol. The summed E-state index contributed by atoms with van der Waals surface area (Å²) in [6, 6.07) is 1.55. The van der Waals surface area contributed by atoms with E-state index in [1.807, 2.05) is 6.92 Å². The third kappa shape index (κ3) is 2.73. The molecule has 0 saturated carbocycles. The molecule has 2 aromatic rings. The first-order valence-corrected chi connectivity index (χ1v) is 7.88. The number of carbonyl (C=O) groups excluding carboxylic acids is 1. The molecule has 0 aromatic carbocycles. The molecule has 0 radical (unpaired) electrons. The average Bonchev–Trinajstić information content (AvgIpc) is 2.58. The van der Waals surface area contributed by atoms with Gasteiger partial charge in [-0.1, -0.05) is 0 Å². The van der Waals surface area contributed by atoms with Gasteiger partial charge < -0.3 is 10.1 Å². The van der Waals surface area contributed by atoms with Crippen molar-refractivity contribution in [3.05, 3.63) is 33.1 Å². The van der Waals surface area contributed by atoms with Crippen molar-refractivity contribution >= 4 is 22.6 Å². The predicted molar refractivity (Wildman–Crippen MR) is 89.0 cm³/mol. The topological polar surface area (TPSA) is 95.2 Å². The minimum absolute atomic E-state index is 0.138. The lowest BCUT2D eigenvalue weighted by Crippen LogP contribution is -2.38. The monoisotopic (exact) mass is 332 g/mol. The maximum atomic E-state index is 12.4. The number of pyridine rings is 1. The molecule has 1 N–H and O–H groups in total. The van der Waals surface area contributed by atoms with Gasteiger partial charge in [0, 0.05) is 20.7 Å². The van der Waals surface area contributed by atoms with Gasteiger partial charge in [0.2, 0.25) is 5.91 Å². The molecular weight excluding hydrogens is 312 g/mol. The Hall–Kier alpha value is -2.48. The van der Waals surface area contributed by atoms with Crippen LogP contribution < -0.4 is 16.6 Å². The van der Waals surface area contributed by atoms with Gasteiger partial charge in [-0.25, -0.2) is 9.78 Å². The zero-order valence-electron chi connectivity index (χ0n) is 13.9. The molecular formula is C16H20N4O4. The number of rotatable bonds is 2. The van der Waals surface area contributed by atoms with Gasteiger partial charge in [0.15, 0.2) is 0 Å². The lowest BCUT2D eigenvalue weighted by Gasteiger charge is -2.28. The standard InChI is InChI=1S/C16H20N4O4/c1-9-11(5-4-6-24-9)14(21)18-10-7-12-13(17-8-10)19(2)16(23)20(3)15(12)22/h7-9,11H,4-6H2,1-3H3,(H,18,21)/t9-,11-/m0/s1. The normalized spacial score (nSPS) is 21.0. The van der Waals surface area contributed by atoms with E-state index in [2.05, 4.69) is 10.3 Å². The number of carbonyl (C=O) groups is 1. The van der Waals surface area contributed by atoms with Gasteiger partial charge in [-0.05, 0) is 25.8 Å². The second kappa shape index (κ2) is 6.20. The van der Waals surface area contributed by atoms with Gasteiger partial charge in [-0.3, -0.25) is 18.7 Å². The highest BCUT2D eigenvalue weighted by Gasteiger charge is 2.28. The second-order valence-electron chi connectivity index (χ2n) is 6.11. The number of hydrogen-bond acceptors (Lipinski definition) is 5. The van der Waals surface area contributed by atoms with Gasteiger partial charge in [0.1, 0.15) is 5.65 Å². The first-order chi connectivity index (χ1) is 11.4. The van der Waals surface area contributed by atoms with Crippen molar-refractivity contribution in [2.24, 2.45) is 20.0 Å². The maximum absolute atomic E-state index is 12.4. The predicted octanol–water partition coefficient (Wildman–Crippen LogP) is 0.386. The Balaban J connectivity index is 1.95. The molecule has 1 saturated heterocycles. The summed E-state index contributed by atoms with van der Waals surface area (Å²) in [7, 11) is 2.97. The van der Waals surface area contributed by atoms with Gasteiger partial charge in [0.25, 0.3) is 5.56 Å². The van der Waals surface area contributed by atoms with Crippen LogP contribution in [0.1, 0.15) is 19.8 Å². The summed E-state index contributed by atoms with van der Waals surface area (Å²) in [6.45, 7) is 2.56. The Morgan fingerprint density at radius 3 is 2.79 bits per heavy atom. The van der Waals surface area contributed by atoms with E-state index in [1.165, 1.54) is 17.8 Å². The maximum Gasteiger partial charge on any atom is 0.332 e. The number of hydrogen-bond donors (Lipinski definition) is 1. The fourth-order valence-electron chi connectivity index (χ4n) is 3.04. The molecule has 128 valence electrons. The molecule has 1 fully saturated rings. The highest BCUT2D eigenvalue weighted by Crippen LogP contribution is 2.22. The molecule has 8 nitrogen and oxygen atoms in total. The van der Waals surface area contributed by atoms with Crippen LogP contribution in [0.4, 0.5) is 5.69 Å². The Kier molecular flexibility index (Phi) is 4.23. The summed E-state index contributed by atoms with van der Waals surface area (Å²) >= 11 is 0. The molecule has 0 spiro atoms. The number of amides is 1. The minimum Gasteiger partial charge on any atom is -0.378 e. The number of aryl methyl sites for hydroxylation is 1. The van der Waals surface area contributed by atoms with E-state index in [0.717, 1.165) is 17.4 Å². The molecule has 2 aromatic heterocycles. The molecule has 1 aliphatic rings. The second-order valence-corrected chi connectivity index (χ2v) is 6.11. The smallest absolute Gasteiger partial charge is 0.332 e. The highest BCUT2D eigenvalue weighted by atomic mass is 16.5. The summed E-state index contributed by atoms with van der Waals surface area (Å²) in [6.07, 6.45) is 2.93. The number of nitrogens with one attached hydrogen (secondary N) is 1. The number of anilines is 1. The third-order valence-electron chi connectivity index (χ3n) is 4.50. The van der Waals surface area contributed by atoms with Crippen LogP contribution in [-0.2, 0) is 23.6 Å². The van der Waals surface area contributed by atoms with Crippen molar-refractivity contribution in [1.82, 2.24) is 14.1 Å². The number of fused-ring (bicyclic) bond motifs is 1. The summed E-state index contributed by atoms with van der Waals surface area (Å²) in [4.78, 5) is 40.8. The highest BCUT2D eigenvalue weighted by molar-refractivity contribution is 5.94. The lowest BCUT2D eigenvalue weighted by atomic mass is 9.94. The largest absolute Gasteiger partial charge is 0.378 e. The Labute approximate surface area is 138 Å². The molecule has 0 aliphatic carbocycles. The molecule has 3 rings (SSSR count). The summed E-state index contributed by atoms with van der Waals surface area (Å²) < 4.78 is 7.84. The van der Waals surface area contributed by atoms with Crippen molar-refractivity contribution in [3.63, 3.8) is 0 Å². The van der Waals surface area contributed by atoms with E-state index in [1.54, 1.807) is 13.1 Å². The van der Waals surface area contributed by atoms with Gasteiger partial charge >= 0.3 is 5.69 Å². The van der Waals surface area contributed by atoms with Crippen LogP contribution >= 0.6 is 0 Å². The molecule has 24 heavy (non-hydrogen) atoms. The SMILES string of the molecule is C[C@@H]1OCCC[C@@H]1C(=O)Nc1cnc2c(c1)c(=O)n(C)c(=O)n2C. The van der Waals surface area contributed by atoms with E-state index in [9.17, 15) is 14.4 Å². The van der Waals surface area contributed by atoms with E-state index in [4.69, 9.17) is 4.74 Å². The van der Waals surface area contributed by atoms with Crippen molar-refractivity contribution in [2.45, 2.75) is 25.9 Å². The van der Waals surface area contributed by atoms with Crippen molar-refractivity contribution in [2.75, 3.05) is 11.9 Å². The third-order valence-corrected chi connectivity index (χ3v) is 4.50. The van der Waals surface area contributed by atoms with Crippen molar-refractivity contribution in [1.29, 1.82) is 0 Å². The first kappa shape index (κ1) is 16.4. The van der Waals surface area contributed by atoms with Crippen LogP contribution in [-0.4, -0.2) is 32.7 Å². The van der Waals surface area contributed by atoms with Crippen LogP contribution in [0.2, 0.25) is 0 Å². The Morgan fingerprint density at radius 1 is 1.33 bits per heavy atom. The molecule has 0 unspecified atom stereocenters. The van der Waals surface area contributed by atoms with Crippen LogP contribution in [0, 0.1) is 5.92 Å². The van der Waals surface area contributed by atoms with Crippen molar-refractivity contribution < 1.29 is 9.53 Å². The lowest BCUT2D eigenvalue weighted by molar-refractivity contribution is -0.127. The number of nitrogens with zero attached hydrogens (tertiary/aromatic N) is 3. The molecule has 1 amide bonds. The van der Waals surface area contributed by atoms with Crippen LogP contribution in [0.25, 0.3) is 11.0 Å². The first-order valence-electron chi connectivity index (χ1n) is 7.88. The Bertz CT molecular complexity index is 915. The van der Waals surface area contributed by atoms with E-state index < -0.39 is 11.2 Å². The molecule has 2 atom stereocenters. The molecule has 1 aliphatic heterocycles. The number of aromatic nitrogens is 3. The van der Waals surface area contributed by atoms with E-state index in [-0.39, 0.29) is 29.0 Å². The van der Waals surface area contributed by atoms with Crippen molar-refractivity contribution in [3.8, 4) is 0 Å². The van der Waals surface area contributed by atoms with Gasteiger partial charge in [-0.2, -0.15) is 0 Å². The molecule has 3 heterocycles. The van der Waals surface area contributed by atoms with E-state index in [0.29, 0.717) is 12.3 Å². The minimum atomic E-state index is -0.440. The Morgan fingerprint density at radius 2 is 2.08 bits per heavy atom.